The van der Waals surface area contributed by atoms with Crippen LogP contribution in [0.15, 0.2) is 66.9 Å². The Balaban J connectivity index is 1.38. The highest BCUT2D eigenvalue weighted by atomic mass is 35.5. The average molecular weight is 461 g/mol. The number of fused-ring (bicyclic) bond motifs is 1. The summed E-state index contributed by atoms with van der Waals surface area (Å²) in [5, 5.41) is 10.3. The number of hydrogen-bond donors (Lipinski definition) is 1. The Morgan fingerprint density at radius 1 is 1.03 bits per heavy atom. The third-order valence-corrected chi connectivity index (χ3v) is 4.87. The smallest absolute Gasteiger partial charge is 0.417 e. The molecule has 2 aromatic heterocycles. The van der Waals surface area contributed by atoms with Crippen LogP contribution >= 0.6 is 11.6 Å². The fourth-order valence-corrected chi connectivity index (χ4v) is 3.26. The number of aromatic nitrogens is 3. The number of rotatable bonds is 6. The zero-order chi connectivity index (χ0) is 22.7. The van der Waals surface area contributed by atoms with Crippen molar-refractivity contribution in [2.45, 2.75) is 12.6 Å². The largest absolute Gasteiger partial charge is 0.457 e. The first-order valence-corrected chi connectivity index (χ1v) is 9.90. The Labute approximate surface area is 185 Å². The number of ether oxygens (including phenoxy) is 1. The first-order chi connectivity index (χ1) is 15.3. The van der Waals surface area contributed by atoms with Gasteiger partial charge in [-0.25, -0.2) is 0 Å². The van der Waals surface area contributed by atoms with E-state index in [1.165, 1.54) is 4.40 Å². The van der Waals surface area contributed by atoms with E-state index >= 15 is 0 Å². The van der Waals surface area contributed by atoms with Crippen LogP contribution in [0.25, 0.3) is 5.65 Å². The number of carbonyl (C=O) groups is 1. The van der Waals surface area contributed by atoms with Crippen molar-refractivity contribution in [3.63, 3.8) is 0 Å². The van der Waals surface area contributed by atoms with Gasteiger partial charge < -0.3 is 10.1 Å². The Hall–Kier alpha value is -3.59. The molecule has 1 N–H and O–H groups in total. The third kappa shape index (κ3) is 4.83. The summed E-state index contributed by atoms with van der Waals surface area (Å²) in [5.41, 5.74) is -0.369. The number of para-hydroxylation sites is 1. The summed E-state index contributed by atoms with van der Waals surface area (Å²) < 4.78 is 46.0. The van der Waals surface area contributed by atoms with Crippen LogP contribution in [0.4, 0.5) is 13.2 Å². The first-order valence-electron chi connectivity index (χ1n) is 9.53. The van der Waals surface area contributed by atoms with E-state index in [1.54, 1.807) is 24.3 Å². The lowest BCUT2D eigenvalue weighted by atomic mass is 10.2. The summed E-state index contributed by atoms with van der Waals surface area (Å²) in [7, 11) is 0. The number of amides is 1. The Morgan fingerprint density at radius 2 is 1.72 bits per heavy atom. The van der Waals surface area contributed by atoms with Gasteiger partial charge in [0.15, 0.2) is 5.65 Å². The van der Waals surface area contributed by atoms with E-state index in [4.69, 9.17) is 16.3 Å². The van der Waals surface area contributed by atoms with E-state index in [2.05, 4.69) is 15.5 Å². The minimum Gasteiger partial charge on any atom is -0.457 e. The summed E-state index contributed by atoms with van der Waals surface area (Å²) in [4.78, 5) is 12.4. The summed E-state index contributed by atoms with van der Waals surface area (Å²) in [6.07, 6.45) is -3.49. The van der Waals surface area contributed by atoms with Crippen LogP contribution in [0.1, 0.15) is 21.7 Å². The van der Waals surface area contributed by atoms with Gasteiger partial charge in [0.05, 0.1) is 10.6 Å². The molecule has 1 amide bonds. The quantitative estimate of drug-likeness (QED) is 0.431. The normalized spacial score (nSPS) is 11.5. The van der Waals surface area contributed by atoms with Crippen LogP contribution in [0.2, 0.25) is 5.02 Å². The van der Waals surface area contributed by atoms with Crippen LogP contribution < -0.4 is 10.1 Å². The number of nitrogens with zero attached hydrogens (tertiary/aromatic N) is 3. The van der Waals surface area contributed by atoms with E-state index in [9.17, 15) is 18.0 Å². The van der Waals surface area contributed by atoms with Crippen molar-refractivity contribution in [3.8, 4) is 11.5 Å². The van der Waals surface area contributed by atoms with Crippen molar-refractivity contribution in [2.75, 3.05) is 6.54 Å². The number of hydrogen-bond acceptors (Lipinski definition) is 4. The van der Waals surface area contributed by atoms with Gasteiger partial charge in [-0.1, -0.05) is 29.8 Å². The molecule has 0 radical (unpaired) electrons. The minimum absolute atomic E-state index is 0.120. The SMILES string of the molecule is O=C(NCCc1nnc2c(Cl)cc(C(F)(F)F)cn12)c1ccc(Oc2ccccc2)cc1. The van der Waals surface area contributed by atoms with Crippen molar-refractivity contribution in [2.24, 2.45) is 0 Å². The number of nitrogens with one attached hydrogen (secondary N) is 1. The summed E-state index contributed by atoms with van der Waals surface area (Å²) in [6.45, 7) is 0.149. The van der Waals surface area contributed by atoms with E-state index in [0.717, 1.165) is 12.3 Å². The van der Waals surface area contributed by atoms with Gasteiger partial charge in [-0.2, -0.15) is 13.2 Å². The van der Waals surface area contributed by atoms with Gasteiger partial charge in [0.2, 0.25) is 0 Å². The monoisotopic (exact) mass is 460 g/mol. The molecule has 4 aromatic rings. The van der Waals surface area contributed by atoms with E-state index in [0.29, 0.717) is 17.1 Å². The molecule has 0 saturated carbocycles. The number of halogens is 4. The molecule has 32 heavy (non-hydrogen) atoms. The molecule has 0 saturated heterocycles. The van der Waals surface area contributed by atoms with Gasteiger partial charge in [0.25, 0.3) is 5.91 Å². The van der Waals surface area contributed by atoms with Crippen LogP contribution in [-0.2, 0) is 12.6 Å². The second-order valence-corrected chi connectivity index (χ2v) is 7.24. The zero-order valence-electron chi connectivity index (χ0n) is 16.4. The number of benzene rings is 2. The van der Waals surface area contributed by atoms with Gasteiger partial charge in [-0.15, -0.1) is 10.2 Å². The van der Waals surface area contributed by atoms with E-state index < -0.39 is 11.7 Å². The van der Waals surface area contributed by atoms with E-state index in [-0.39, 0.29) is 35.4 Å². The molecule has 2 aromatic carbocycles. The molecule has 6 nitrogen and oxygen atoms in total. The molecule has 0 unspecified atom stereocenters. The number of pyridine rings is 1. The second-order valence-electron chi connectivity index (χ2n) is 6.83. The Morgan fingerprint density at radius 3 is 2.41 bits per heavy atom. The lowest BCUT2D eigenvalue weighted by molar-refractivity contribution is -0.137. The highest BCUT2D eigenvalue weighted by Crippen LogP contribution is 2.32. The molecule has 0 fully saturated rings. The van der Waals surface area contributed by atoms with Gasteiger partial charge in [-0.05, 0) is 42.5 Å². The summed E-state index contributed by atoms with van der Waals surface area (Å²) in [5.74, 6) is 1.18. The predicted molar refractivity (Wildman–Crippen MR) is 112 cm³/mol. The van der Waals surface area contributed by atoms with E-state index in [1.807, 2.05) is 30.3 Å². The number of alkyl halides is 3. The third-order valence-electron chi connectivity index (χ3n) is 4.59. The maximum Gasteiger partial charge on any atom is 0.417 e. The van der Waals surface area contributed by atoms with Gasteiger partial charge >= 0.3 is 6.18 Å². The Bertz CT molecular complexity index is 1240. The van der Waals surface area contributed by atoms with Crippen molar-refractivity contribution in [1.82, 2.24) is 19.9 Å². The van der Waals surface area contributed by atoms with Crippen LogP contribution in [0.3, 0.4) is 0 Å². The molecule has 0 bridgehead atoms. The van der Waals surface area contributed by atoms with Crippen molar-refractivity contribution >= 4 is 23.2 Å². The van der Waals surface area contributed by atoms with Gasteiger partial charge in [0, 0.05) is 24.7 Å². The van der Waals surface area contributed by atoms with Crippen LogP contribution in [0, 0.1) is 0 Å². The second kappa shape index (κ2) is 8.88. The highest BCUT2D eigenvalue weighted by Gasteiger charge is 2.32. The van der Waals surface area contributed by atoms with Crippen LogP contribution in [0.5, 0.6) is 11.5 Å². The van der Waals surface area contributed by atoms with Crippen molar-refractivity contribution in [3.05, 3.63) is 88.8 Å². The summed E-state index contributed by atoms with van der Waals surface area (Å²) >= 11 is 5.91. The Kier molecular flexibility index (Phi) is 6.00. The van der Waals surface area contributed by atoms with Crippen molar-refractivity contribution < 1.29 is 22.7 Å². The van der Waals surface area contributed by atoms with Crippen LogP contribution in [-0.4, -0.2) is 27.0 Å². The molecule has 164 valence electrons. The average Bonchev–Trinajstić information content (AvgIpc) is 3.18. The fraction of sp³-hybridized carbons (Fsp3) is 0.136. The molecular weight excluding hydrogens is 445 g/mol. The molecule has 0 aliphatic heterocycles. The predicted octanol–water partition coefficient (Wildman–Crippen LogP) is 5.17. The molecule has 0 spiro atoms. The maximum absolute atomic E-state index is 13.1. The molecule has 0 atom stereocenters. The molecule has 10 heteroatoms. The topological polar surface area (TPSA) is 68.5 Å². The standard InChI is InChI=1S/C22H16ClF3N4O2/c23-18-12-15(22(24,25)26)13-30-19(28-29-20(18)30)10-11-27-21(31)14-6-8-17(9-7-14)32-16-4-2-1-3-5-16/h1-9,12-13H,10-11H2,(H,27,31). The first kappa shape index (κ1) is 21.6. The summed E-state index contributed by atoms with van der Waals surface area (Å²) in [6, 6.07) is 16.6. The minimum atomic E-state index is -4.55. The lowest BCUT2D eigenvalue weighted by Crippen LogP contribution is -2.26. The molecular formula is C22H16ClF3N4O2. The molecule has 4 rings (SSSR count). The van der Waals surface area contributed by atoms with Gasteiger partial charge in [-0.3, -0.25) is 9.20 Å². The highest BCUT2D eigenvalue weighted by molar-refractivity contribution is 6.33. The molecule has 0 aliphatic rings. The number of carbonyl (C=O) groups excluding carboxylic acids is 1. The fourth-order valence-electron chi connectivity index (χ4n) is 3.01. The lowest BCUT2D eigenvalue weighted by Gasteiger charge is -2.09. The molecule has 2 heterocycles. The maximum atomic E-state index is 13.1. The zero-order valence-corrected chi connectivity index (χ0v) is 17.2. The van der Waals surface area contributed by atoms with Gasteiger partial charge in [0.1, 0.15) is 17.3 Å². The molecule has 0 aliphatic carbocycles. The van der Waals surface area contributed by atoms with Crippen molar-refractivity contribution in [1.29, 1.82) is 0 Å².